The lowest BCUT2D eigenvalue weighted by Crippen LogP contribution is -2.35. The molecule has 0 saturated carbocycles. The van der Waals surface area contributed by atoms with Crippen molar-refractivity contribution in [3.63, 3.8) is 0 Å². The van der Waals surface area contributed by atoms with Crippen molar-refractivity contribution in [2.75, 3.05) is 19.6 Å². The molecule has 1 N–H and O–H groups in total. The molecule has 0 amide bonds. The normalized spacial score (nSPS) is 18.5. The van der Waals surface area contributed by atoms with E-state index in [1.807, 2.05) is 18.2 Å². The van der Waals surface area contributed by atoms with E-state index in [0.717, 1.165) is 30.8 Å². The lowest BCUT2D eigenvalue weighted by atomic mass is 9.88. The fraction of sp³-hybridized carbons (Fsp3) is 0.400. The van der Waals surface area contributed by atoms with Gasteiger partial charge in [-0.15, -0.1) is 0 Å². The molecule has 0 aliphatic carbocycles. The molecule has 3 rings (SSSR count). The molecule has 0 radical (unpaired) electrons. The second-order valence-corrected chi connectivity index (χ2v) is 6.37. The third-order valence-electron chi connectivity index (χ3n) is 4.72. The van der Waals surface area contributed by atoms with E-state index < -0.39 is 6.10 Å². The average molecular weight is 313 g/mol. The summed E-state index contributed by atoms with van der Waals surface area (Å²) in [6.45, 7) is 3.03. The molecule has 0 unspecified atom stereocenters. The van der Waals surface area contributed by atoms with Gasteiger partial charge in [0.2, 0.25) is 0 Å². The van der Waals surface area contributed by atoms with Gasteiger partial charge in [0, 0.05) is 12.5 Å². The molecule has 1 aliphatic heterocycles. The second kappa shape index (κ2) is 7.71. The van der Waals surface area contributed by atoms with E-state index in [4.69, 9.17) is 0 Å². The van der Waals surface area contributed by atoms with Crippen LogP contribution in [0.1, 0.15) is 42.4 Å². The second-order valence-electron chi connectivity index (χ2n) is 6.37. The van der Waals surface area contributed by atoms with Gasteiger partial charge in [-0.25, -0.2) is 4.39 Å². The van der Waals surface area contributed by atoms with Crippen molar-refractivity contribution in [2.45, 2.75) is 31.3 Å². The highest BCUT2D eigenvalue weighted by atomic mass is 19.1. The Morgan fingerprint density at radius 3 is 2.17 bits per heavy atom. The molecular weight excluding hydrogens is 289 g/mol. The SMILES string of the molecule is O[C@@H](c1ccc(F)cc1)[C@H](CN1CCCCC1)c1ccccc1. The molecule has 1 heterocycles. The molecule has 0 spiro atoms. The largest absolute Gasteiger partial charge is 0.388 e. The Kier molecular flexibility index (Phi) is 5.42. The van der Waals surface area contributed by atoms with Gasteiger partial charge in [-0.3, -0.25) is 0 Å². The lowest BCUT2D eigenvalue weighted by molar-refractivity contribution is 0.109. The molecule has 23 heavy (non-hydrogen) atoms. The van der Waals surface area contributed by atoms with Gasteiger partial charge in [0.25, 0.3) is 0 Å². The quantitative estimate of drug-likeness (QED) is 0.897. The molecule has 1 fully saturated rings. The van der Waals surface area contributed by atoms with Gasteiger partial charge < -0.3 is 10.0 Å². The Balaban J connectivity index is 1.83. The summed E-state index contributed by atoms with van der Waals surface area (Å²) in [6.07, 6.45) is 3.13. The Hall–Kier alpha value is -1.71. The number of benzene rings is 2. The first-order valence-electron chi connectivity index (χ1n) is 8.45. The van der Waals surface area contributed by atoms with Crippen LogP contribution in [0.25, 0.3) is 0 Å². The minimum Gasteiger partial charge on any atom is -0.388 e. The standard InChI is InChI=1S/C20H24FNO/c21-18-11-9-17(10-12-18)20(23)19(16-7-3-1-4-8-16)15-22-13-5-2-6-14-22/h1,3-4,7-12,19-20,23H,2,5-6,13-15H2/t19-,20+/m1/s1. The van der Waals surface area contributed by atoms with Crippen molar-refractivity contribution in [1.82, 2.24) is 4.90 Å². The van der Waals surface area contributed by atoms with Crippen molar-refractivity contribution in [3.8, 4) is 0 Å². The predicted molar refractivity (Wildman–Crippen MR) is 90.8 cm³/mol. The summed E-state index contributed by atoms with van der Waals surface area (Å²) in [5.74, 6) is -0.270. The number of aliphatic hydroxyl groups is 1. The summed E-state index contributed by atoms with van der Waals surface area (Å²) in [5.41, 5.74) is 1.91. The van der Waals surface area contributed by atoms with Gasteiger partial charge in [-0.05, 0) is 49.2 Å². The van der Waals surface area contributed by atoms with Gasteiger partial charge in [-0.1, -0.05) is 48.9 Å². The molecule has 2 atom stereocenters. The monoisotopic (exact) mass is 313 g/mol. The highest BCUT2D eigenvalue weighted by Gasteiger charge is 2.25. The third kappa shape index (κ3) is 4.18. The summed E-state index contributed by atoms with van der Waals surface area (Å²) >= 11 is 0. The minimum absolute atomic E-state index is 0.000221. The summed E-state index contributed by atoms with van der Waals surface area (Å²) < 4.78 is 13.2. The topological polar surface area (TPSA) is 23.5 Å². The van der Waals surface area contributed by atoms with Crippen LogP contribution in [0, 0.1) is 5.82 Å². The van der Waals surface area contributed by atoms with Crippen molar-refractivity contribution >= 4 is 0 Å². The van der Waals surface area contributed by atoms with Crippen LogP contribution in [0.2, 0.25) is 0 Å². The number of aliphatic hydroxyl groups excluding tert-OH is 1. The van der Waals surface area contributed by atoms with Gasteiger partial charge in [0.1, 0.15) is 5.82 Å². The first-order valence-corrected chi connectivity index (χ1v) is 8.45. The molecule has 0 bridgehead atoms. The van der Waals surface area contributed by atoms with Gasteiger partial charge in [0.15, 0.2) is 0 Å². The minimum atomic E-state index is -0.625. The van der Waals surface area contributed by atoms with Crippen LogP contribution in [0.3, 0.4) is 0 Å². The molecule has 3 heteroatoms. The van der Waals surface area contributed by atoms with Crippen molar-refractivity contribution in [2.24, 2.45) is 0 Å². The van der Waals surface area contributed by atoms with E-state index in [-0.39, 0.29) is 11.7 Å². The number of nitrogens with zero attached hydrogens (tertiary/aromatic N) is 1. The summed E-state index contributed by atoms with van der Waals surface area (Å²) in [7, 11) is 0. The molecule has 122 valence electrons. The maximum absolute atomic E-state index is 13.2. The number of hydrogen-bond acceptors (Lipinski definition) is 2. The molecular formula is C20H24FNO. The van der Waals surface area contributed by atoms with E-state index in [1.165, 1.54) is 31.4 Å². The smallest absolute Gasteiger partial charge is 0.123 e. The number of piperidine rings is 1. The van der Waals surface area contributed by atoms with E-state index in [1.54, 1.807) is 12.1 Å². The Labute approximate surface area is 137 Å². The van der Waals surface area contributed by atoms with Crippen LogP contribution in [0.5, 0.6) is 0 Å². The zero-order chi connectivity index (χ0) is 16.1. The van der Waals surface area contributed by atoms with E-state index >= 15 is 0 Å². The van der Waals surface area contributed by atoms with Crippen molar-refractivity contribution in [1.29, 1.82) is 0 Å². The maximum atomic E-state index is 13.2. The zero-order valence-corrected chi connectivity index (χ0v) is 13.4. The van der Waals surface area contributed by atoms with Crippen LogP contribution in [0.15, 0.2) is 54.6 Å². The molecule has 1 saturated heterocycles. The molecule has 1 aliphatic rings. The highest BCUT2D eigenvalue weighted by molar-refractivity contribution is 5.27. The fourth-order valence-electron chi connectivity index (χ4n) is 3.40. The summed E-state index contributed by atoms with van der Waals surface area (Å²) in [4.78, 5) is 2.44. The average Bonchev–Trinajstić information content (AvgIpc) is 2.61. The molecule has 2 aromatic carbocycles. The zero-order valence-electron chi connectivity index (χ0n) is 13.4. The molecule has 0 aromatic heterocycles. The van der Waals surface area contributed by atoms with Crippen molar-refractivity contribution in [3.05, 3.63) is 71.5 Å². The van der Waals surface area contributed by atoms with Gasteiger partial charge in [-0.2, -0.15) is 0 Å². The highest BCUT2D eigenvalue weighted by Crippen LogP contribution is 2.32. The fourth-order valence-corrected chi connectivity index (χ4v) is 3.40. The van der Waals surface area contributed by atoms with Gasteiger partial charge in [0.05, 0.1) is 6.10 Å². The Morgan fingerprint density at radius 1 is 0.870 bits per heavy atom. The van der Waals surface area contributed by atoms with E-state index in [2.05, 4.69) is 17.0 Å². The lowest BCUT2D eigenvalue weighted by Gasteiger charge is -2.33. The van der Waals surface area contributed by atoms with Crippen LogP contribution >= 0.6 is 0 Å². The van der Waals surface area contributed by atoms with Crippen LogP contribution in [-0.2, 0) is 0 Å². The number of likely N-dealkylation sites (tertiary alicyclic amines) is 1. The van der Waals surface area contributed by atoms with Gasteiger partial charge >= 0.3 is 0 Å². The van der Waals surface area contributed by atoms with Crippen LogP contribution in [0.4, 0.5) is 4.39 Å². The number of hydrogen-bond donors (Lipinski definition) is 1. The van der Waals surface area contributed by atoms with E-state index in [9.17, 15) is 9.50 Å². The number of halogens is 1. The van der Waals surface area contributed by atoms with E-state index in [0.29, 0.717) is 0 Å². The third-order valence-corrected chi connectivity index (χ3v) is 4.72. The summed E-state index contributed by atoms with van der Waals surface area (Å²) in [5, 5.41) is 10.9. The number of rotatable bonds is 5. The Morgan fingerprint density at radius 2 is 1.52 bits per heavy atom. The Bertz CT molecular complexity index is 593. The van der Waals surface area contributed by atoms with Crippen molar-refractivity contribution < 1.29 is 9.50 Å². The maximum Gasteiger partial charge on any atom is 0.123 e. The van der Waals surface area contributed by atoms with Crippen LogP contribution < -0.4 is 0 Å². The van der Waals surface area contributed by atoms with Crippen LogP contribution in [-0.4, -0.2) is 29.6 Å². The molecule has 2 aromatic rings. The first-order chi connectivity index (χ1) is 11.2. The first kappa shape index (κ1) is 16.2. The molecule has 2 nitrogen and oxygen atoms in total. The summed E-state index contributed by atoms with van der Waals surface area (Å²) in [6, 6.07) is 16.4. The predicted octanol–water partition coefficient (Wildman–Crippen LogP) is 4.13.